The summed E-state index contributed by atoms with van der Waals surface area (Å²) in [6, 6.07) is 18.1. The summed E-state index contributed by atoms with van der Waals surface area (Å²) in [5.41, 5.74) is 5.92. The van der Waals surface area contributed by atoms with Crippen molar-refractivity contribution in [3.05, 3.63) is 83.4 Å². The summed E-state index contributed by atoms with van der Waals surface area (Å²) in [6.45, 7) is 8.43. The van der Waals surface area contributed by atoms with E-state index in [0.29, 0.717) is 23.6 Å². The third-order valence-electron chi connectivity index (χ3n) is 6.20. The van der Waals surface area contributed by atoms with Crippen molar-refractivity contribution in [3.8, 4) is 11.3 Å². The van der Waals surface area contributed by atoms with Crippen molar-refractivity contribution in [3.63, 3.8) is 0 Å². The Morgan fingerprint density at radius 1 is 0.971 bits per heavy atom. The van der Waals surface area contributed by atoms with Crippen LogP contribution in [0, 0.1) is 13.8 Å². The van der Waals surface area contributed by atoms with Crippen LogP contribution in [0.25, 0.3) is 33.2 Å². The third-order valence-corrected chi connectivity index (χ3v) is 6.20. The minimum absolute atomic E-state index is 0.114. The van der Waals surface area contributed by atoms with Gasteiger partial charge in [0.25, 0.3) is 5.91 Å². The van der Waals surface area contributed by atoms with Gasteiger partial charge in [-0.25, -0.2) is 19.6 Å². The zero-order chi connectivity index (χ0) is 24.7. The van der Waals surface area contributed by atoms with E-state index in [1.165, 1.54) is 5.56 Å². The molecule has 3 heterocycles. The van der Waals surface area contributed by atoms with E-state index in [1.54, 1.807) is 18.1 Å². The average Bonchev–Trinajstić information content (AvgIpc) is 3.28. The Balaban J connectivity index is 1.56. The van der Waals surface area contributed by atoms with E-state index < -0.39 is 0 Å². The molecule has 0 saturated carbocycles. The number of aryl methyl sites for hydroxylation is 2. The van der Waals surface area contributed by atoms with Crippen LogP contribution in [0.15, 0.2) is 60.8 Å². The number of para-hydroxylation sites is 1. The molecule has 0 saturated heterocycles. The summed E-state index contributed by atoms with van der Waals surface area (Å²) in [7, 11) is 1.78. The summed E-state index contributed by atoms with van der Waals surface area (Å²) in [4.78, 5) is 29.6. The van der Waals surface area contributed by atoms with Crippen LogP contribution in [-0.4, -0.2) is 42.6 Å². The number of carbonyl (C=O) groups excluding carboxylic acids is 1. The Hall–Kier alpha value is -4.13. The van der Waals surface area contributed by atoms with E-state index >= 15 is 0 Å². The molecule has 176 valence electrons. The first-order valence-corrected chi connectivity index (χ1v) is 11.7. The quantitative estimate of drug-likeness (QED) is 0.343. The van der Waals surface area contributed by atoms with E-state index in [0.717, 1.165) is 33.2 Å². The lowest BCUT2D eigenvalue weighted by Crippen LogP contribution is -2.27. The molecule has 35 heavy (non-hydrogen) atoms. The molecular formula is C28H28N6O. The van der Waals surface area contributed by atoms with Crippen molar-refractivity contribution in [2.75, 3.05) is 7.05 Å². The van der Waals surface area contributed by atoms with E-state index in [-0.39, 0.29) is 11.9 Å². The molecule has 5 aromatic rings. The molecule has 0 spiro atoms. The number of hydrogen-bond donors (Lipinski definition) is 0. The highest BCUT2D eigenvalue weighted by Gasteiger charge is 2.22. The second kappa shape index (κ2) is 8.91. The van der Waals surface area contributed by atoms with Crippen LogP contribution in [0.3, 0.4) is 0 Å². The fourth-order valence-electron chi connectivity index (χ4n) is 4.30. The van der Waals surface area contributed by atoms with Gasteiger partial charge in [0.1, 0.15) is 5.82 Å². The van der Waals surface area contributed by atoms with Crippen LogP contribution >= 0.6 is 0 Å². The van der Waals surface area contributed by atoms with Crippen LogP contribution in [0.1, 0.15) is 47.3 Å². The first kappa shape index (κ1) is 22.7. The SMILES string of the molecule is Cc1ccc(-c2cc(C(=O)N(C)Cc3nc(C)c4ccccc4n3)c3cnn(C(C)C)c3n2)cc1. The molecule has 0 bridgehead atoms. The van der Waals surface area contributed by atoms with E-state index in [2.05, 4.69) is 35.8 Å². The summed E-state index contributed by atoms with van der Waals surface area (Å²) < 4.78 is 1.86. The van der Waals surface area contributed by atoms with Crippen LogP contribution in [-0.2, 0) is 6.54 Å². The van der Waals surface area contributed by atoms with Crippen molar-refractivity contribution in [1.29, 1.82) is 0 Å². The van der Waals surface area contributed by atoms with Crippen LogP contribution < -0.4 is 0 Å². The van der Waals surface area contributed by atoms with Gasteiger partial charge in [0.2, 0.25) is 0 Å². The maximum absolute atomic E-state index is 13.7. The lowest BCUT2D eigenvalue weighted by Gasteiger charge is -2.18. The summed E-state index contributed by atoms with van der Waals surface area (Å²) in [5, 5.41) is 6.29. The number of fused-ring (bicyclic) bond motifs is 2. The number of nitrogens with zero attached hydrogens (tertiary/aromatic N) is 6. The lowest BCUT2D eigenvalue weighted by atomic mass is 10.0. The van der Waals surface area contributed by atoms with Gasteiger partial charge < -0.3 is 4.90 Å². The number of aromatic nitrogens is 5. The van der Waals surface area contributed by atoms with Crippen molar-refractivity contribution >= 4 is 27.8 Å². The Labute approximate surface area is 204 Å². The molecule has 3 aromatic heterocycles. The summed E-state index contributed by atoms with van der Waals surface area (Å²) >= 11 is 0. The first-order chi connectivity index (χ1) is 16.8. The topological polar surface area (TPSA) is 76.8 Å². The normalized spacial score (nSPS) is 11.5. The van der Waals surface area contributed by atoms with E-state index in [4.69, 9.17) is 4.98 Å². The summed E-state index contributed by atoms with van der Waals surface area (Å²) in [6.07, 6.45) is 1.74. The molecule has 0 aliphatic carbocycles. The van der Waals surface area contributed by atoms with Crippen molar-refractivity contribution < 1.29 is 4.79 Å². The molecule has 2 aromatic carbocycles. The number of carbonyl (C=O) groups is 1. The molecule has 0 unspecified atom stereocenters. The Morgan fingerprint density at radius 2 is 1.71 bits per heavy atom. The molecule has 0 fully saturated rings. The van der Waals surface area contributed by atoms with E-state index in [9.17, 15) is 4.79 Å². The molecule has 7 nitrogen and oxygen atoms in total. The fraction of sp³-hybridized carbons (Fsp3) is 0.250. The predicted molar refractivity (Wildman–Crippen MR) is 138 cm³/mol. The van der Waals surface area contributed by atoms with Crippen LogP contribution in [0.4, 0.5) is 0 Å². The zero-order valence-electron chi connectivity index (χ0n) is 20.6. The molecule has 7 heteroatoms. The van der Waals surface area contributed by atoms with Crippen LogP contribution in [0.2, 0.25) is 0 Å². The van der Waals surface area contributed by atoms with Crippen LogP contribution in [0.5, 0.6) is 0 Å². The maximum Gasteiger partial charge on any atom is 0.254 e. The van der Waals surface area contributed by atoms with Gasteiger partial charge >= 0.3 is 0 Å². The monoisotopic (exact) mass is 464 g/mol. The molecule has 0 aliphatic heterocycles. The van der Waals surface area contributed by atoms with Gasteiger partial charge in [0.15, 0.2) is 5.65 Å². The molecule has 1 amide bonds. The number of rotatable bonds is 5. The van der Waals surface area contributed by atoms with Crippen molar-refractivity contribution in [2.24, 2.45) is 0 Å². The smallest absolute Gasteiger partial charge is 0.254 e. The minimum atomic E-state index is -0.122. The number of benzene rings is 2. The number of pyridine rings is 1. The average molecular weight is 465 g/mol. The van der Waals surface area contributed by atoms with Gasteiger partial charge in [-0.1, -0.05) is 48.0 Å². The fourth-order valence-corrected chi connectivity index (χ4v) is 4.30. The largest absolute Gasteiger partial charge is 0.334 e. The highest BCUT2D eigenvalue weighted by molar-refractivity contribution is 6.06. The van der Waals surface area contributed by atoms with Gasteiger partial charge in [-0.3, -0.25) is 4.79 Å². The highest BCUT2D eigenvalue weighted by Crippen LogP contribution is 2.28. The maximum atomic E-state index is 13.7. The third kappa shape index (κ3) is 4.25. The minimum Gasteiger partial charge on any atom is -0.334 e. The van der Waals surface area contributed by atoms with Gasteiger partial charge in [-0.05, 0) is 39.8 Å². The molecule has 5 rings (SSSR count). The Morgan fingerprint density at radius 3 is 2.46 bits per heavy atom. The second-order valence-corrected chi connectivity index (χ2v) is 9.24. The van der Waals surface area contributed by atoms with Gasteiger partial charge in [-0.15, -0.1) is 0 Å². The second-order valence-electron chi connectivity index (χ2n) is 9.24. The van der Waals surface area contributed by atoms with E-state index in [1.807, 2.05) is 66.2 Å². The van der Waals surface area contributed by atoms with Gasteiger partial charge in [0.05, 0.1) is 34.9 Å². The van der Waals surface area contributed by atoms with Crippen molar-refractivity contribution in [1.82, 2.24) is 29.6 Å². The number of amides is 1. The first-order valence-electron chi connectivity index (χ1n) is 11.7. The Kier molecular flexibility index (Phi) is 5.76. The molecule has 0 radical (unpaired) electrons. The Bertz CT molecular complexity index is 1550. The molecule has 0 aliphatic rings. The predicted octanol–water partition coefficient (Wildman–Crippen LogP) is 5.51. The lowest BCUT2D eigenvalue weighted by molar-refractivity contribution is 0.0783. The standard InChI is InChI=1S/C28H28N6O/c1-17(2)34-27-23(15-29-34)22(14-25(32-27)20-12-10-18(3)11-13-20)28(35)33(5)16-26-30-19(4)21-8-6-7-9-24(21)31-26/h6-15,17H,16H2,1-5H3. The molecule has 0 atom stereocenters. The van der Waals surface area contributed by atoms with Gasteiger partial charge in [-0.2, -0.15) is 5.10 Å². The highest BCUT2D eigenvalue weighted by atomic mass is 16.2. The molecule has 0 N–H and O–H groups in total. The number of hydrogen-bond acceptors (Lipinski definition) is 5. The van der Waals surface area contributed by atoms with Crippen molar-refractivity contribution in [2.45, 2.75) is 40.3 Å². The summed E-state index contributed by atoms with van der Waals surface area (Å²) in [5.74, 6) is 0.488. The van der Waals surface area contributed by atoms with Gasteiger partial charge in [0, 0.05) is 29.7 Å². The zero-order valence-corrected chi connectivity index (χ0v) is 20.6. The molecular weight excluding hydrogens is 436 g/mol.